The van der Waals surface area contributed by atoms with Gasteiger partial charge in [-0.05, 0) is 55.1 Å². The molecule has 1 aromatic rings. The van der Waals surface area contributed by atoms with Crippen molar-refractivity contribution >= 4 is 5.78 Å². The number of aromatic nitrogens is 1. The first-order valence-electron chi connectivity index (χ1n) is 6.84. The van der Waals surface area contributed by atoms with Crippen LogP contribution in [-0.4, -0.2) is 17.9 Å². The second-order valence-corrected chi connectivity index (χ2v) is 5.93. The van der Waals surface area contributed by atoms with Gasteiger partial charge in [0.25, 0.3) is 0 Å². The molecular formula is C15H17NO2. The second kappa shape index (κ2) is 3.56. The van der Waals surface area contributed by atoms with E-state index in [0.717, 1.165) is 11.8 Å². The van der Waals surface area contributed by atoms with E-state index in [-0.39, 0.29) is 11.7 Å². The van der Waals surface area contributed by atoms with Gasteiger partial charge in [-0.1, -0.05) is 0 Å². The van der Waals surface area contributed by atoms with Crippen molar-refractivity contribution in [3.63, 3.8) is 0 Å². The van der Waals surface area contributed by atoms with E-state index >= 15 is 0 Å². The van der Waals surface area contributed by atoms with Crippen LogP contribution < -0.4 is 4.74 Å². The van der Waals surface area contributed by atoms with Crippen molar-refractivity contribution in [2.75, 3.05) is 7.11 Å². The van der Waals surface area contributed by atoms with Crippen molar-refractivity contribution in [3.8, 4) is 5.75 Å². The molecule has 1 heterocycles. The molecule has 3 heteroatoms. The van der Waals surface area contributed by atoms with Crippen LogP contribution in [0, 0.1) is 29.6 Å². The fraction of sp³-hybridized carbons (Fsp3) is 0.600. The highest BCUT2D eigenvalue weighted by atomic mass is 16.5. The molecule has 4 atom stereocenters. The number of ketones is 1. The topological polar surface area (TPSA) is 39.2 Å². The Kier molecular flexibility index (Phi) is 2.08. The summed E-state index contributed by atoms with van der Waals surface area (Å²) in [5.41, 5.74) is 0.541. The standard InChI is InChI=1S/C15H17NO2/c1-18-10-3-2-6-16-14(10)15(17)13-11-8-4-5-9(7-8)12(11)13/h2-3,6,8-9,11-13H,4-5,7H2,1H3. The van der Waals surface area contributed by atoms with E-state index in [4.69, 9.17) is 4.74 Å². The van der Waals surface area contributed by atoms with Gasteiger partial charge >= 0.3 is 0 Å². The first-order chi connectivity index (χ1) is 8.81. The molecule has 0 radical (unpaired) electrons. The molecule has 2 bridgehead atoms. The van der Waals surface area contributed by atoms with Gasteiger partial charge in [0, 0.05) is 12.1 Å². The highest BCUT2D eigenvalue weighted by Gasteiger charge is 2.67. The van der Waals surface area contributed by atoms with Gasteiger partial charge in [0.05, 0.1) is 7.11 Å². The lowest BCUT2D eigenvalue weighted by atomic mass is 9.98. The number of nitrogens with zero attached hydrogens (tertiary/aromatic N) is 1. The molecule has 3 aliphatic rings. The fourth-order valence-corrected chi connectivity index (χ4v) is 4.57. The quantitative estimate of drug-likeness (QED) is 0.766. The maximum Gasteiger partial charge on any atom is 0.188 e. The Morgan fingerprint density at radius 1 is 1.33 bits per heavy atom. The molecule has 18 heavy (non-hydrogen) atoms. The Balaban J connectivity index is 1.62. The monoisotopic (exact) mass is 243 g/mol. The van der Waals surface area contributed by atoms with E-state index in [2.05, 4.69) is 4.98 Å². The average Bonchev–Trinajstić information content (AvgIpc) is 2.85. The molecular weight excluding hydrogens is 226 g/mol. The number of ether oxygens (including phenoxy) is 1. The van der Waals surface area contributed by atoms with Gasteiger partial charge in [0.15, 0.2) is 5.78 Å². The van der Waals surface area contributed by atoms with Crippen molar-refractivity contribution < 1.29 is 9.53 Å². The van der Waals surface area contributed by atoms with Crippen LogP contribution in [0.3, 0.4) is 0 Å². The summed E-state index contributed by atoms with van der Waals surface area (Å²) < 4.78 is 5.25. The summed E-state index contributed by atoms with van der Waals surface area (Å²) in [6, 6.07) is 3.64. The first-order valence-corrected chi connectivity index (χ1v) is 6.84. The fourth-order valence-electron chi connectivity index (χ4n) is 4.57. The van der Waals surface area contributed by atoms with Gasteiger partial charge in [-0.3, -0.25) is 4.79 Å². The molecule has 4 rings (SSSR count). The lowest BCUT2D eigenvalue weighted by molar-refractivity contribution is 0.0936. The summed E-state index contributed by atoms with van der Waals surface area (Å²) in [6.45, 7) is 0. The third-order valence-corrected chi connectivity index (χ3v) is 5.26. The zero-order chi connectivity index (χ0) is 12.3. The number of carbonyl (C=O) groups is 1. The van der Waals surface area contributed by atoms with Crippen molar-refractivity contribution in [3.05, 3.63) is 24.0 Å². The number of rotatable bonds is 3. The first kappa shape index (κ1) is 10.5. The van der Waals surface area contributed by atoms with Crippen LogP contribution in [-0.2, 0) is 0 Å². The van der Waals surface area contributed by atoms with Crippen LogP contribution in [0.1, 0.15) is 29.8 Å². The Labute approximate surface area is 107 Å². The molecule has 3 fully saturated rings. The van der Waals surface area contributed by atoms with Crippen LogP contribution in [0.5, 0.6) is 5.75 Å². The molecule has 3 saturated carbocycles. The maximum absolute atomic E-state index is 12.6. The van der Waals surface area contributed by atoms with Gasteiger partial charge in [-0.15, -0.1) is 0 Å². The average molecular weight is 243 g/mol. The number of methoxy groups -OCH3 is 1. The molecule has 0 aliphatic heterocycles. The Hall–Kier alpha value is -1.38. The predicted octanol–water partition coefficient (Wildman–Crippen LogP) is 2.57. The predicted molar refractivity (Wildman–Crippen MR) is 66.4 cm³/mol. The van der Waals surface area contributed by atoms with Crippen molar-refractivity contribution in [2.45, 2.75) is 19.3 Å². The smallest absolute Gasteiger partial charge is 0.188 e. The molecule has 4 unspecified atom stereocenters. The Bertz CT molecular complexity index is 497. The molecule has 0 saturated heterocycles. The number of Topliss-reactive ketones (excluding diaryl/α,β-unsaturated/α-hetero) is 1. The summed E-state index contributed by atoms with van der Waals surface area (Å²) in [5, 5.41) is 0. The Morgan fingerprint density at radius 3 is 2.72 bits per heavy atom. The third kappa shape index (κ3) is 1.25. The molecule has 94 valence electrons. The van der Waals surface area contributed by atoms with E-state index in [0.29, 0.717) is 23.3 Å². The minimum absolute atomic E-state index is 0.221. The van der Waals surface area contributed by atoms with Crippen LogP contribution >= 0.6 is 0 Å². The van der Waals surface area contributed by atoms with E-state index in [1.54, 1.807) is 13.3 Å². The number of carbonyl (C=O) groups excluding carboxylic acids is 1. The van der Waals surface area contributed by atoms with Crippen LogP contribution in [0.25, 0.3) is 0 Å². The van der Waals surface area contributed by atoms with Crippen LogP contribution in [0.4, 0.5) is 0 Å². The molecule has 3 nitrogen and oxygen atoms in total. The molecule has 0 spiro atoms. The molecule has 3 aliphatic carbocycles. The number of fused-ring (bicyclic) bond motifs is 5. The maximum atomic E-state index is 12.6. The largest absolute Gasteiger partial charge is 0.494 e. The van der Waals surface area contributed by atoms with Gasteiger partial charge in [-0.25, -0.2) is 4.98 Å². The van der Waals surface area contributed by atoms with Crippen LogP contribution in [0.2, 0.25) is 0 Å². The molecule has 0 amide bonds. The number of pyridine rings is 1. The summed E-state index contributed by atoms with van der Waals surface area (Å²) in [7, 11) is 1.60. The van der Waals surface area contributed by atoms with E-state index < -0.39 is 0 Å². The van der Waals surface area contributed by atoms with Gasteiger partial charge in [-0.2, -0.15) is 0 Å². The van der Waals surface area contributed by atoms with Crippen molar-refractivity contribution in [1.29, 1.82) is 0 Å². The lowest BCUT2D eigenvalue weighted by Crippen LogP contribution is -2.12. The van der Waals surface area contributed by atoms with Crippen LogP contribution in [0.15, 0.2) is 18.3 Å². The van der Waals surface area contributed by atoms with Gasteiger partial charge < -0.3 is 4.74 Å². The van der Waals surface area contributed by atoms with E-state index in [9.17, 15) is 4.79 Å². The molecule has 1 aromatic heterocycles. The van der Waals surface area contributed by atoms with Gasteiger partial charge in [0.2, 0.25) is 0 Å². The zero-order valence-corrected chi connectivity index (χ0v) is 10.5. The Morgan fingerprint density at radius 2 is 2.06 bits per heavy atom. The highest BCUT2D eigenvalue weighted by Crippen LogP contribution is 2.70. The highest BCUT2D eigenvalue weighted by molar-refractivity contribution is 6.00. The zero-order valence-electron chi connectivity index (χ0n) is 10.5. The normalized spacial score (nSPS) is 39.5. The minimum atomic E-state index is 0.221. The third-order valence-electron chi connectivity index (χ3n) is 5.26. The summed E-state index contributed by atoms with van der Waals surface area (Å²) >= 11 is 0. The lowest BCUT2D eigenvalue weighted by Gasteiger charge is -2.09. The molecule has 0 aromatic carbocycles. The summed E-state index contributed by atoms with van der Waals surface area (Å²) in [4.78, 5) is 16.8. The summed E-state index contributed by atoms with van der Waals surface area (Å²) in [6.07, 6.45) is 5.74. The second-order valence-electron chi connectivity index (χ2n) is 5.93. The van der Waals surface area contributed by atoms with Crippen molar-refractivity contribution in [2.24, 2.45) is 29.6 Å². The molecule has 0 N–H and O–H groups in total. The van der Waals surface area contributed by atoms with Gasteiger partial charge in [0.1, 0.15) is 11.4 Å². The van der Waals surface area contributed by atoms with Crippen molar-refractivity contribution in [1.82, 2.24) is 4.98 Å². The number of hydrogen-bond acceptors (Lipinski definition) is 3. The minimum Gasteiger partial charge on any atom is -0.494 e. The SMILES string of the molecule is COc1cccnc1C(=O)C1C2C3CCC(C3)C12. The summed E-state index contributed by atoms with van der Waals surface area (Å²) in [5.74, 6) is 4.08. The number of hydrogen-bond donors (Lipinski definition) is 0. The van der Waals surface area contributed by atoms with E-state index in [1.165, 1.54) is 19.3 Å². The van der Waals surface area contributed by atoms with E-state index in [1.807, 2.05) is 12.1 Å².